The Bertz CT molecular complexity index is 769. The Morgan fingerprint density at radius 3 is 2.46 bits per heavy atom. The highest BCUT2D eigenvalue weighted by Crippen LogP contribution is 2.26. The number of rotatable bonds is 7. The van der Waals surface area contributed by atoms with Crippen molar-refractivity contribution < 1.29 is 27.9 Å². The minimum Gasteiger partial charge on any atom is -0.495 e. The summed E-state index contributed by atoms with van der Waals surface area (Å²) in [5.74, 6) is -1.81. The topological polar surface area (TPSA) is 122 Å². The highest BCUT2D eigenvalue weighted by Gasteiger charge is 2.25. The van der Waals surface area contributed by atoms with Crippen molar-refractivity contribution in [2.24, 2.45) is 5.92 Å². The zero-order valence-corrected chi connectivity index (χ0v) is 15.6. The Balaban J connectivity index is 1.98. The van der Waals surface area contributed by atoms with E-state index < -0.39 is 27.7 Å². The number of nitrogens with one attached hydrogen (secondary N) is 2. The molecule has 9 heteroatoms. The highest BCUT2D eigenvalue weighted by atomic mass is 32.2. The van der Waals surface area contributed by atoms with Gasteiger partial charge in [-0.1, -0.05) is 6.92 Å². The first-order valence-corrected chi connectivity index (χ1v) is 10.1. The van der Waals surface area contributed by atoms with Crippen molar-refractivity contribution in [3.05, 3.63) is 23.8 Å². The van der Waals surface area contributed by atoms with Crippen LogP contribution >= 0.6 is 0 Å². The molecule has 8 nitrogen and oxygen atoms in total. The molecule has 1 aliphatic carbocycles. The molecule has 1 saturated carbocycles. The van der Waals surface area contributed by atoms with Gasteiger partial charge in [0.15, 0.2) is 0 Å². The number of ether oxygens (including phenoxy) is 1. The predicted molar refractivity (Wildman–Crippen MR) is 96.9 cm³/mol. The summed E-state index contributed by atoms with van der Waals surface area (Å²) in [5, 5.41) is 11.4. The van der Waals surface area contributed by atoms with Gasteiger partial charge in [-0.2, -0.15) is 0 Å². The molecule has 0 unspecified atom stereocenters. The van der Waals surface area contributed by atoms with Crippen molar-refractivity contribution in [1.29, 1.82) is 0 Å². The molecule has 0 radical (unpaired) electrons. The zero-order chi connectivity index (χ0) is 19.3. The highest BCUT2D eigenvalue weighted by molar-refractivity contribution is 7.90. The molecule has 3 N–H and O–H groups in total. The summed E-state index contributed by atoms with van der Waals surface area (Å²) in [4.78, 5) is 23.1. The molecule has 1 amide bonds. The fourth-order valence-corrected chi connectivity index (χ4v) is 4.20. The SMILES string of the molecule is COc1cc(C(=O)O)ccc1NC(=O)CS(=O)(=O)NC1CCC(C)CC1. The number of hydrogen-bond acceptors (Lipinski definition) is 5. The van der Waals surface area contributed by atoms with Crippen LogP contribution in [0.3, 0.4) is 0 Å². The normalized spacial score (nSPS) is 20.4. The third kappa shape index (κ3) is 5.70. The lowest BCUT2D eigenvalue weighted by atomic mass is 9.88. The molecular weight excluding hydrogens is 360 g/mol. The minimum absolute atomic E-state index is 0.000615. The van der Waals surface area contributed by atoms with Crippen LogP contribution in [0.4, 0.5) is 5.69 Å². The molecule has 0 atom stereocenters. The maximum atomic E-state index is 12.2. The summed E-state index contributed by atoms with van der Waals surface area (Å²) in [6.07, 6.45) is 3.47. The van der Waals surface area contributed by atoms with Gasteiger partial charge in [-0.3, -0.25) is 4.79 Å². The molecule has 0 heterocycles. The average molecular weight is 384 g/mol. The Kier molecular flexibility index (Phi) is 6.60. The number of methoxy groups -OCH3 is 1. The van der Waals surface area contributed by atoms with Crippen molar-refractivity contribution in [2.75, 3.05) is 18.2 Å². The van der Waals surface area contributed by atoms with Crippen LogP contribution in [0.1, 0.15) is 43.0 Å². The van der Waals surface area contributed by atoms with Crippen LogP contribution in [0.2, 0.25) is 0 Å². The second-order valence-electron chi connectivity index (χ2n) is 6.60. The fourth-order valence-electron chi connectivity index (χ4n) is 2.96. The first-order valence-electron chi connectivity index (χ1n) is 8.41. The number of benzene rings is 1. The van der Waals surface area contributed by atoms with Crippen molar-refractivity contribution >= 4 is 27.6 Å². The number of carbonyl (C=O) groups is 2. The monoisotopic (exact) mass is 384 g/mol. The zero-order valence-electron chi connectivity index (χ0n) is 14.8. The van der Waals surface area contributed by atoms with Crippen LogP contribution < -0.4 is 14.8 Å². The molecule has 1 aliphatic rings. The summed E-state index contributed by atoms with van der Waals surface area (Å²) in [6, 6.07) is 3.79. The summed E-state index contributed by atoms with van der Waals surface area (Å²) in [7, 11) is -2.42. The first kappa shape index (κ1) is 20.2. The van der Waals surface area contributed by atoms with E-state index in [9.17, 15) is 18.0 Å². The number of carbonyl (C=O) groups excluding carboxylic acids is 1. The molecule has 0 saturated heterocycles. The van der Waals surface area contributed by atoms with Crippen molar-refractivity contribution in [3.63, 3.8) is 0 Å². The van der Waals surface area contributed by atoms with E-state index in [1.807, 2.05) is 0 Å². The first-order chi connectivity index (χ1) is 12.2. The molecule has 0 aromatic heterocycles. The summed E-state index contributed by atoms with van der Waals surface area (Å²) < 4.78 is 32.0. The van der Waals surface area contributed by atoms with Crippen LogP contribution in [0.25, 0.3) is 0 Å². The van der Waals surface area contributed by atoms with Gasteiger partial charge in [0.25, 0.3) is 0 Å². The number of amides is 1. The van der Waals surface area contributed by atoms with Crippen molar-refractivity contribution in [3.8, 4) is 5.75 Å². The van der Waals surface area contributed by atoms with Gasteiger partial charge in [-0.25, -0.2) is 17.9 Å². The Labute approximate surface area is 153 Å². The van der Waals surface area contributed by atoms with E-state index in [0.29, 0.717) is 5.92 Å². The fraction of sp³-hybridized carbons (Fsp3) is 0.529. The lowest BCUT2D eigenvalue weighted by Crippen LogP contribution is -2.41. The predicted octanol–water partition coefficient (Wildman–Crippen LogP) is 1.83. The molecular formula is C17H24N2O6S. The van der Waals surface area contributed by atoms with E-state index in [2.05, 4.69) is 17.0 Å². The molecule has 0 aliphatic heterocycles. The summed E-state index contributed by atoms with van der Waals surface area (Å²) in [5.41, 5.74) is 0.213. The van der Waals surface area contributed by atoms with E-state index in [-0.39, 0.29) is 23.0 Å². The number of anilines is 1. The van der Waals surface area contributed by atoms with E-state index in [4.69, 9.17) is 9.84 Å². The van der Waals surface area contributed by atoms with Crippen LogP contribution in [0.15, 0.2) is 18.2 Å². The second kappa shape index (κ2) is 8.50. The molecule has 26 heavy (non-hydrogen) atoms. The number of carboxylic acids is 1. The number of hydrogen-bond donors (Lipinski definition) is 3. The van der Waals surface area contributed by atoms with Crippen molar-refractivity contribution in [2.45, 2.75) is 38.6 Å². The Morgan fingerprint density at radius 1 is 1.23 bits per heavy atom. The summed E-state index contributed by atoms with van der Waals surface area (Å²) >= 11 is 0. The van der Waals surface area contributed by atoms with Gasteiger partial charge < -0.3 is 15.2 Å². The molecule has 1 fully saturated rings. The minimum atomic E-state index is -3.76. The van der Waals surface area contributed by atoms with Gasteiger partial charge in [0.2, 0.25) is 15.9 Å². The largest absolute Gasteiger partial charge is 0.495 e. The second-order valence-corrected chi connectivity index (χ2v) is 8.36. The van der Waals surface area contributed by atoms with E-state index in [0.717, 1.165) is 25.7 Å². The number of sulfonamides is 1. The number of carboxylic acid groups (broad SMARTS) is 1. The molecule has 1 aromatic carbocycles. The molecule has 0 bridgehead atoms. The third-order valence-corrected chi connectivity index (χ3v) is 5.74. The molecule has 0 spiro atoms. The van der Waals surface area contributed by atoms with Gasteiger partial charge in [0, 0.05) is 6.04 Å². The van der Waals surface area contributed by atoms with Crippen LogP contribution in [0.5, 0.6) is 5.75 Å². The summed E-state index contributed by atoms with van der Waals surface area (Å²) in [6.45, 7) is 2.14. The Morgan fingerprint density at radius 2 is 1.88 bits per heavy atom. The lowest BCUT2D eigenvalue weighted by molar-refractivity contribution is -0.113. The van der Waals surface area contributed by atoms with Crippen LogP contribution in [-0.4, -0.2) is 44.3 Å². The lowest BCUT2D eigenvalue weighted by Gasteiger charge is -2.26. The van der Waals surface area contributed by atoms with Crippen LogP contribution in [0, 0.1) is 5.92 Å². The number of aromatic carboxylic acids is 1. The van der Waals surface area contributed by atoms with Gasteiger partial charge in [-0.05, 0) is 49.8 Å². The van der Waals surface area contributed by atoms with Gasteiger partial charge in [-0.15, -0.1) is 0 Å². The maximum absolute atomic E-state index is 12.2. The molecule has 1 aromatic rings. The van der Waals surface area contributed by atoms with Crippen molar-refractivity contribution in [1.82, 2.24) is 4.72 Å². The van der Waals surface area contributed by atoms with E-state index in [1.54, 1.807) is 0 Å². The maximum Gasteiger partial charge on any atom is 0.335 e. The molecule has 144 valence electrons. The third-order valence-electron chi connectivity index (χ3n) is 4.41. The smallest absolute Gasteiger partial charge is 0.335 e. The molecule has 2 rings (SSSR count). The standard InChI is InChI=1S/C17H24N2O6S/c1-11-3-6-13(7-4-11)19-26(23,24)10-16(20)18-14-8-5-12(17(21)22)9-15(14)25-2/h5,8-9,11,13,19H,3-4,6-7,10H2,1-2H3,(H,18,20)(H,21,22). The van der Waals surface area contributed by atoms with Gasteiger partial charge in [0.1, 0.15) is 11.5 Å². The Hall–Kier alpha value is -2.13. The van der Waals surface area contributed by atoms with Gasteiger partial charge >= 0.3 is 5.97 Å². The van der Waals surface area contributed by atoms with E-state index >= 15 is 0 Å². The quantitative estimate of drug-likeness (QED) is 0.659. The van der Waals surface area contributed by atoms with E-state index in [1.165, 1.54) is 25.3 Å². The van der Waals surface area contributed by atoms with Gasteiger partial charge in [0.05, 0.1) is 18.4 Å². The van der Waals surface area contributed by atoms with Crippen LogP contribution in [-0.2, 0) is 14.8 Å². The average Bonchev–Trinajstić information content (AvgIpc) is 2.56.